The summed E-state index contributed by atoms with van der Waals surface area (Å²) in [6, 6.07) is 20.4. The van der Waals surface area contributed by atoms with Crippen LogP contribution in [0.25, 0.3) is 22.4 Å². The third-order valence-corrected chi connectivity index (χ3v) is 7.85. The summed E-state index contributed by atoms with van der Waals surface area (Å²) in [7, 11) is 3.78. The molecule has 0 bridgehead atoms. The zero-order valence-corrected chi connectivity index (χ0v) is 23.0. The van der Waals surface area contributed by atoms with E-state index in [4.69, 9.17) is 10.7 Å². The fraction of sp³-hybridized carbons (Fsp3) is 0.290. The molecule has 3 N–H and O–H groups in total. The molecule has 2 aromatic carbocycles. The van der Waals surface area contributed by atoms with Gasteiger partial charge in [0.1, 0.15) is 11.6 Å². The number of piperazine rings is 1. The van der Waals surface area contributed by atoms with Crippen molar-refractivity contribution < 1.29 is 4.79 Å². The average Bonchev–Trinajstić information content (AvgIpc) is 3.00. The van der Waals surface area contributed by atoms with Crippen LogP contribution in [0.1, 0.15) is 21.5 Å². The van der Waals surface area contributed by atoms with Crippen LogP contribution in [0.5, 0.6) is 0 Å². The summed E-state index contributed by atoms with van der Waals surface area (Å²) in [6.45, 7) is 5.56. The van der Waals surface area contributed by atoms with E-state index in [1.807, 2.05) is 30.5 Å². The van der Waals surface area contributed by atoms with Crippen LogP contribution >= 0.6 is 0 Å². The molecule has 0 atom stereocenters. The number of benzene rings is 2. The summed E-state index contributed by atoms with van der Waals surface area (Å²) in [5.41, 5.74) is 13.4. The molecule has 204 valence electrons. The molecule has 9 nitrogen and oxygen atoms in total. The van der Waals surface area contributed by atoms with Crippen LogP contribution in [-0.2, 0) is 13.0 Å². The molecule has 4 heterocycles. The Bertz CT molecular complexity index is 1510. The maximum Gasteiger partial charge on any atom is 0.251 e. The molecule has 1 amide bonds. The van der Waals surface area contributed by atoms with E-state index in [1.165, 1.54) is 11.1 Å². The molecule has 40 heavy (non-hydrogen) atoms. The molecular formula is C31H34N8O. The first kappa shape index (κ1) is 25.8. The molecule has 2 aromatic heterocycles. The summed E-state index contributed by atoms with van der Waals surface area (Å²) in [5.74, 6) is 2.05. The predicted molar refractivity (Wildman–Crippen MR) is 159 cm³/mol. The minimum Gasteiger partial charge on any atom is -0.368 e. The Morgan fingerprint density at radius 3 is 2.27 bits per heavy atom. The summed E-state index contributed by atoms with van der Waals surface area (Å²) >= 11 is 0. The van der Waals surface area contributed by atoms with Gasteiger partial charge < -0.3 is 25.8 Å². The van der Waals surface area contributed by atoms with Crippen LogP contribution in [0.3, 0.4) is 0 Å². The van der Waals surface area contributed by atoms with E-state index < -0.39 is 0 Å². The summed E-state index contributed by atoms with van der Waals surface area (Å²) in [4.78, 5) is 32.7. The van der Waals surface area contributed by atoms with E-state index in [0.29, 0.717) is 11.5 Å². The highest BCUT2D eigenvalue weighted by atomic mass is 16.1. The first-order valence-electron chi connectivity index (χ1n) is 13.7. The van der Waals surface area contributed by atoms with Gasteiger partial charge in [-0.15, -0.1) is 0 Å². The monoisotopic (exact) mass is 534 g/mol. The molecule has 9 heteroatoms. The SMILES string of the molecule is CNC(=O)c1ccc(-c2ccc(N3CCc4ccc(-c5cc(N6CCN(C)CC6)nc(N)n5)cc4C3)nc2)cc1. The highest BCUT2D eigenvalue weighted by Crippen LogP contribution is 2.30. The van der Waals surface area contributed by atoms with Crippen molar-refractivity contribution in [3.8, 4) is 22.4 Å². The molecule has 2 aliphatic heterocycles. The average molecular weight is 535 g/mol. The lowest BCUT2D eigenvalue weighted by Crippen LogP contribution is -2.44. The van der Waals surface area contributed by atoms with Gasteiger partial charge in [0.05, 0.1) is 5.69 Å². The van der Waals surface area contributed by atoms with Gasteiger partial charge in [-0.2, -0.15) is 4.98 Å². The number of hydrogen-bond donors (Lipinski definition) is 2. The Balaban J connectivity index is 1.19. The number of aromatic nitrogens is 3. The smallest absolute Gasteiger partial charge is 0.251 e. The Morgan fingerprint density at radius 2 is 1.55 bits per heavy atom. The van der Waals surface area contributed by atoms with Crippen LogP contribution in [-0.4, -0.2) is 72.6 Å². The molecule has 0 saturated carbocycles. The first-order chi connectivity index (χ1) is 19.5. The van der Waals surface area contributed by atoms with Gasteiger partial charge >= 0.3 is 0 Å². The highest BCUT2D eigenvalue weighted by Gasteiger charge is 2.20. The minimum atomic E-state index is -0.0905. The molecule has 0 unspecified atom stereocenters. The number of rotatable bonds is 5. The predicted octanol–water partition coefficient (Wildman–Crippen LogP) is 3.46. The van der Waals surface area contributed by atoms with E-state index in [9.17, 15) is 4.79 Å². The molecule has 6 rings (SSSR count). The van der Waals surface area contributed by atoms with Crippen molar-refractivity contribution >= 4 is 23.5 Å². The van der Waals surface area contributed by atoms with Crippen molar-refractivity contribution in [2.45, 2.75) is 13.0 Å². The van der Waals surface area contributed by atoms with Crippen molar-refractivity contribution in [3.63, 3.8) is 0 Å². The van der Waals surface area contributed by atoms with Crippen LogP contribution in [0, 0.1) is 0 Å². The van der Waals surface area contributed by atoms with Crippen LogP contribution in [0.15, 0.2) is 66.9 Å². The molecule has 1 fully saturated rings. The van der Waals surface area contributed by atoms with E-state index in [-0.39, 0.29) is 5.91 Å². The maximum atomic E-state index is 11.8. The lowest BCUT2D eigenvalue weighted by Gasteiger charge is -2.33. The van der Waals surface area contributed by atoms with E-state index in [2.05, 4.69) is 73.4 Å². The summed E-state index contributed by atoms with van der Waals surface area (Å²) < 4.78 is 0. The van der Waals surface area contributed by atoms with E-state index >= 15 is 0 Å². The molecule has 0 radical (unpaired) electrons. The van der Waals surface area contributed by atoms with E-state index in [1.54, 1.807) is 7.05 Å². The van der Waals surface area contributed by atoms with Crippen molar-refractivity contribution in [2.24, 2.45) is 0 Å². The number of amides is 1. The zero-order valence-electron chi connectivity index (χ0n) is 23.0. The van der Waals surface area contributed by atoms with Gasteiger partial charge in [0.15, 0.2) is 0 Å². The fourth-order valence-corrected chi connectivity index (χ4v) is 5.41. The first-order valence-corrected chi connectivity index (χ1v) is 13.7. The normalized spacial score (nSPS) is 15.6. The topological polar surface area (TPSA) is 104 Å². The number of nitrogens with one attached hydrogen (secondary N) is 1. The second kappa shape index (κ2) is 10.9. The van der Waals surface area contributed by atoms with Crippen molar-refractivity contribution in [2.75, 3.05) is 62.4 Å². The van der Waals surface area contributed by atoms with Gasteiger partial charge in [-0.3, -0.25) is 4.79 Å². The van der Waals surface area contributed by atoms with Gasteiger partial charge in [-0.25, -0.2) is 9.97 Å². The molecular weight excluding hydrogens is 500 g/mol. The Labute approximate surface area is 234 Å². The molecule has 2 aliphatic rings. The van der Waals surface area contributed by atoms with Crippen LogP contribution in [0.4, 0.5) is 17.6 Å². The number of carbonyl (C=O) groups is 1. The van der Waals surface area contributed by atoms with Gasteiger partial charge in [0.2, 0.25) is 5.95 Å². The maximum absolute atomic E-state index is 11.8. The number of hydrogen-bond acceptors (Lipinski definition) is 8. The van der Waals surface area contributed by atoms with Gasteiger partial charge in [-0.1, -0.05) is 24.3 Å². The third-order valence-electron chi connectivity index (χ3n) is 7.85. The fourth-order valence-electron chi connectivity index (χ4n) is 5.41. The third kappa shape index (κ3) is 5.33. The molecule has 0 aliphatic carbocycles. The highest BCUT2D eigenvalue weighted by molar-refractivity contribution is 5.94. The Morgan fingerprint density at radius 1 is 0.800 bits per heavy atom. The second-order valence-corrected chi connectivity index (χ2v) is 10.5. The minimum absolute atomic E-state index is 0.0905. The van der Waals surface area contributed by atoms with Gasteiger partial charge in [0, 0.05) is 75.3 Å². The Kier molecular flexibility index (Phi) is 7.04. The summed E-state index contributed by atoms with van der Waals surface area (Å²) in [6.07, 6.45) is 2.86. The van der Waals surface area contributed by atoms with Crippen LogP contribution < -0.4 is 20.9 Å². The number of nitrogen functional groups attached to an aromatic ring is 1. The van der Waals surface area contributed by atoms with Crippen LogP contribution in [0.2, 0.25) is 0 Å². The molecule has 1 saturated heterocycles. The lowest BCUT2D eigenvalue weighted by molar-refractivity contribution is 0.0963. The van der Waals surface area contributed by atoms with Gasteiger partial charge in [-0.05, 0) is 60.5 Å². The molecule has 0 spiro atoms. The van der Waals surface area contributed by atoms with Crippen molar-refractivity contribution in [3.05, 3.63) is 83.6 Å². The standard InChI is InChI=1S/C31H34N8O/c1-33-30(40)23-6-3-21(4-7-23)25-9-10-28(34-19-25)39-12-11-22-5-8-24(17-26(22)20-39)27-18-29(36-31(32)35-27)38-15-13-37(2)14-16-38/h3-10,17-19H,11-16,20H2,1-2H3,(H,33,40)(H2,32,35,36). The summed E-state index contributed by atoms with van der Waals surface area (Å²) in [5, 5.41) is 2.65. The number of pyridine rings is 1. The largest absolute Gasteiger partial charge is 0.368 e. The number of anilines is 3. The Hall–Kier alpha value is -4.50. The molecule has 4 aromatic rings. The second-order valence-electron chi connectivity index (χ2n) is 10.5. The number of nitrogens with two attached hydrogens (primary N) is 1. The number of nitrogens with zero attached hydrogens (tertiary/aromatic N) is 6. The lowest BCUT2D eigenvalue weighted by atomic mass is 9.96. The number of fused-ring (bicyclic) bond motifs is 1. The quantitative estimate of drug-likeness (QED) is 0.401. The zero-order chi connectivity index (χ0) is 27.6. The van der Waals surface area contributed by atoms with Gasteiger partial charge in [0.25, 0.3) is 5.91 Å². The number of likely N-dealkylation sites (N-methyl/N-ethyl adjacent to an activating group) is 1. The van der Waals surface area contributed by atoms with E-state index in [0.717, 1.165) is 79.7 Å². The number of carbonyl (C=O) groups excluding carboxylic acids is 1. The van der Waals surface area contributed by atoms with Crippen molar-refractivity contribution in [1.29, 1.82) is 0 Å². The van der Waals surface area contributed by atoms with Crippen molar-refractivity contribution in [1.82, 2.24) is 25.2 Å².